The zero-order valence-electron chi connectivity index (χ0n) is 25.6. The Morgan fingerprint density at radius 2 is 0.826 bits per heavy atom. The van der Waals surface area contributed by atoms with Gasteiger partial charge in [0, 0.05) is 0 Å². The van der Waals surface area contributed by atoms with E-state index in [1.54, 1.807) is 0 Å². The summed E-state index contributed by atoms with van der Waals surface area (Å²) in [6.07, 6.45) is 3.49. The van der Waals surface area contributed by atoms with Crippen LogP contribution in [0.5, 0.6) is 0 Å². The molecule has 0 heterocycles. The van der Waals surface area contributed by atoms with Gasteiger partial charge in [-0.3, -0.25) is 0 Å². The van der Waals surface area contributed by atoms with Crippen LogP contribution < -0.4 is 31.7 Å². The predicted molar refractivity (Wildman–Crippen MR) is 202 cm³/mol. The molecule has 1 aliphatic rings. The van der Waals surface area contributed by atoms with Gasteiger partial charge >= 0.3 is 0 Å². The fourth-order valence-electron chi connectivity index (χ4n) is 7.17. The van der Waals surface area contributed by atoms with Crippen LogP contribution in [0, 0.1) is 0 Å². The molecule has 0 spiro atoms. The summed E-state index contributed by atoms with van der Waals surface area (Å²) in [5.41, 5.74) is 2.78. The maximum absolute atomic E-state index is 2.54. The van der Waals surface area contributed by atoms with Gasteiger partial charge < -0.3 is 0 Å². The van der Waals surface area contributed by atoms with Gasteiger partial charge in [0.05, 0.1) is 4.90 Å². The van der Waals surface area contributed by atoms with Gasteiger partial charge in [0.25, 0.3) is 0 Å². The van der Waals surface area contributed by atoms with E-state index < -0.39 is 15.8 Å². The molecule has 7 aromatic carbocycles. The molecule has 1 aliphatic carbocycles. The van der Waals surface area contributed by atoms with Gasteiger partial charge in [-0.2, -0.15) is 0 Å². The highest BCUT2D eigenvalue weighted by Gasteiger charge is 2.51. The van der Waals surface area contributed by atoms with Gasteiger partial charge in [-0.05, 0) is 81.9 Å². The van der Waals surface area contributed by atoms with Crippen molar-refractivity contribution in [2.75, 3.05) is 0 Å². The Balaban J connectivity index is 1.57. The first-order chi connectivity index (χ1) is 22.8. The molecule has 0 atom stereocenters. The van der Waals surface area contributed by atoms with Gasteiger partial charge in [0.1, 0.15) is 0 Å². The number of hydrogen-bond donors (Lipinski definition) is 0. The van der Waals surface area contributed by atoms with Gasteiger partial charge in [0.15, 0.2) is 0 Å². The third-order valence-corrected chi connectivity index (χ3v) is 15.8. The summed E-state index contributed by atoms with van der Waals surface area (Å²) in [5.74, 6) is 0. The second kappa shape index (κ2) is 12.7. The van der Waals surface area contributed by atoms with E-state index in [4.69, 9.17) is 0 Å². The normalized spacial score (nSPS) is 13.8. The zero-order chi connectivity index (χ0) is 30.8. The zero-order valence-corrected chi connectivity index (χ0v) is 27.4. The Morgan fingerprint density at radius 1 is 0.391 bits per heavy atom. The van der Waals surface area contributed by atoms with E-state index in [1.807, 2.05) is 0 Å². The molecular weight excluding hydrogens is 590 g/mol. The van der Waals surface area contributed by atoms with Crippen LogP contribution in [0.3, 0.4) is 0 Å². The molecule has 0 bridgehead atoms. The largest absolute Gasteiger partial charge is 0.0750 e. The summed E-state index contributed by atoms with van der Waals surface area (Å²) >= 11 is 0. The Bertz CT molecular complexity index is 2070. The minimum Gasteiger partial charge on any atom is -0.0750 e. The van der Waals surface area contributed by atoms with E-state index in [0.717, 1.165) is 6.42 Å². The highest BCUT2D eigenvalue weighted by Crippen LogP contribution is 2.71. The van der Waals surface area contributed by atoms with Crippen LogP contribution in [0.1, 0.15) is 12.0 Å². The van der Waals surface area contributed by atoms with Crippen LogP contribution in [-0.4, -0.2) is 4.90 Å². The quantitative estimate of drug-likeness (QED) is 0.157. The SMILES string of the molecule is C1=c2ccccc2=C(c2ccc3ccccc3c2)C(P(c2ccccc2)c2ccccc2)(P(c2ccccc2)c2ccccc2)C1. The van der Waals surface area contributed by atoms with Crippen molar-refractivity contribution in [3.8, 4) is 0 Å². The topological polar surface area (TPSA) is 0 Å². The first kappa shape index (κ1) is 28.8. The molecule has 0 amide bonds. The third kappa shape index (κ3) is 5.13. The number of hydrogen-bond acceptors (Lipinski definition) is 0. The summed E-state index contributed by atoms with van der Waals surface area (Å²) in [6.45, 7) is 0. The van der Waals surface area contributed by atoms with E-state index in [2.05, 4.69) is 194 Å². The Kier molecular flexibility index (Phi) is 7.93. The van der Waals surface area contributed by atoms with Crippen LogP contribution in [0.15, 0.2) is 188 Å². The fraction of sp³-hybridized carbons (Fsp3) is 0.0455. The molecule has 0 saturated carbocycles. The van der Waals surface area contributed by atoms with E-state index in [-0.39, 0.29) is 4.90 Å². The van der Waals surface area contributed by atoms with E-state index >= 15 is 0 Å². The molecule has 8 rings (SSSR count). The third-order valence-electron chi connectivity index (χ3n) is 9.07. The van der Waals surface area contributed by atoms with Gasteiger partial charge in [-0.15, -0.1) is 0 Å². The summed E-state index contributed by atoms with van der Waals surface area (Å²) in [7, 11) is -1.82. The van der Waals surface area contributed by atoms with Crippen LogP contribution in [-0.2, 0) is 0 Å². The lowest BCUT2D eigenvalue weighted by molar-refractivity contribution is 1.01. The summed E-state index contributed by atoms with van der Waals surface area (Å²) in [5, 5.41) is 10.9. The molecule has 0 unspecified atom stereocenters. The lowest BCUT2D eigenvalue weighted by Crippen LogP contribution is -2.47. The number of fused-ring (bicyclic) bond motifs is 2. The second-order valence-corrected chi connectivity index (χ2v) is 17.0. The van der Waals surface area contributed by atoms with Crippen molar-refractivity contribution in [1.82, 2.24) is 0 Å². The maximum atomic E-state index is 2.54. The minimum atomic E-state index is -0.910. The Morgan fingerprint density at radius 3 is 1.35 bits per heavy atom. The molecule has 0 aromatic heterocycles. The van der Waals surface area contributed by atoms with Gasteiger partial charge in [0.2, 0.25) is 0 Å². The average Bonchev–Trinajstić information content (AvgIpc) is 3.13. The molecule has 0 N–H and O–H groups in total. The summed E-state index contributed by atoms with van der Waals surface area (Å²) in [4.78, 5) is -0.257. The first-order valence-electron chi connectivity index (χ1n) is 15.9. The highest BCUT2D eigenvalue weighted by molar-refractivity contribution is 7.91. The van der Waals surface area contributed by atoms with Crippen molar-refractivity contribution in [2.45, 2.75) is 11.3 Å². The molecule has 0 radical (unpaired) electrons. The van der Waals surface area contributed by atoms with Crippen molar-refractivity contribution < 1.29 is 0 Å². The van der Waals surface area contributed by atoms with Gasteiger partial charge in [-0.1, -0.05) is 188 Å². The van der Waals surface area contributed by atoms with Crippen molar-refractivity contribution in [2.24, 2.45) is 0 Å². The molecule has 0 aliphatic heterocycles. The lowest BCUT2D eigenvalue weighted by atomic mass is 9.91. The highest BCUT2D eigenvalue weighted by atomic mass is 31.2. The van der Waals surface area contributed by atoms with Crippen molar-refractivity contribution in [1.29, 1.82) is 0 Å². The Labute approximate surface area is 273 Å². The average molecular weight is 625 g/mol. The number of benzene rings is 7. The molecule has 7 aromatic rings. The molecule has 0 fully saturated rings. The van der Waals surface area contributed by atoms with E-state index in [1.165, 1.54) is 53.6 Å². The smallest absolute Gasteiger partial charge is 0.0561 e. The second-order valence-electron chi connectivity index (χ2n) is 11.8. The van der Waals surface area contributed by atoms with E-state index in [9.17, 15) is 0 Å². The molecule has 46 heavy (non-hydrogen) atoms. The van der Waals surface area contributed by atoms with E-state index in [0.29, 0.717) is 0 Å². The van der Waals surface area contributed by atoms with Crippen LogP contribution in [0.25, 0.3) is 22.4 Å². The first-order valence-corrected chi connectivity index (χ1v) is 18.6. The molecule has 0 saturated heterocycles. The van der Waals surface area contributed by atoms with Crippen LogP contribution in [0.2, 0.25) is 0 Å². The van der Waals surface area contributed by atoms with Crippen molar-refractivity contribution >= 4 is 59.5 Å². The van der Waals surface area contributed by atoms with Crippen LogP contribution in [0.4, 0.5) is 0 Å². The Hall–Kier alpha value is -4.60. The standard InChI is InChI=1S/C44H34P2/c1-5-20-38(21-6-1)45(39-22-7-2-8-23-39)44(46(40-24-9-3-10-25-40)41-26-11-4-12-27-41)32-31-35-18-15-16-28-42(35)43(44)37-30-29-34-17-13-14-19-36(34)33-37/h1-31,33H,32H2. The summed E-state index contributed by atoms with van der Waals surface area (Å²) < 4.78 is 0. The fourth-order valence-corrected chi connectivity index (χ4v) is 15.0. The number of rotatable bonds is 7. The maximum Gasteiger partial charge on any atom is 0.0561 e. The summed E-state index contributed by atoms with van der Waals surface area (Å²) in [6, 6.07) is 70.5. The molecule has 0 nitrogen and oxygen atoms in total. The van der Waals surface area contributed by atoms with Gasteiger partial charge in [-0.25, -0.2) is 0 Å². The lowest BCUT2D eigenvalue weighted by Gasteiger charge is -2.50. The van der Waals surface area contributed by atoms with Crippen molar-refractivity contribution in [3.05, 3.63) is 204 Å². The molecular formula is C44H34P2. The van der Waals surface area contributed by atoms with Crippen molar-refractivity contribution in [3.63, 3.8) is 0 Å². The monoisotopic (exact) mass is 624 g/mol. The molecule has 2 heteroatoms. The van der Waals surface area contributed by atoms with Crippen LogP contribution >= 0.6 is 15.8 Å². The predicted octanol–water partition coefficient (Wildman–Crippen LogP) is 8.19. The minimum absolute atomic E-state index is 0.257. The molecule has 220 valence electrons.